The Morgan fingerprint density at radius 1 is 0.875 bits per heavy atom. The molecule has 3 rings (SSSR count). The van der Waals surface area contributed by atoms with Gasteiger partial charge in [-0.3, -0.25) is 9.59 Å². The van der Waals surface area contributed by atoms with Crippen LogP contribution in [0.15, 0.2) is 42.5 Å². The number of carbonyl (C=O) groups is 2. The van der Waals surface area contributed by atoms with Gasteiger partial charge in [-0.1, -0.05) is 6.07 Å². The van der Waals surface area contributed by atoms with Gasteiger partial charge in [0.05, 0.1) is 0 Å². The Bertz CT molecular complexity index is 760. The van der Waals surface area contributed by atoms with E-state index in [2.05, 4.69) is 5.32 Å². The third-order valence-electron chi connectivity index (χ3n) is 4.55. The molecule has 0 aromatic heterocycles. The number of hydrogen-bond acceptors (Lipinski definition) is 2. The van der Waals surface area contributed by atoms with Crippen molar-refractivity contribution in [3.05, 3.63) is 64.7 Å². The molecule has 1 fully saturated rings. The summed E-state index contributed by atoms with van der Waals surface area (Å²) in [6.07, 6.45) is 2.16. The zero-order valence-electron chi connectivity index (χ0n) is 14.1. The fourth-order valence-corrected chi connectivity index (χ4v) is 2.88. The molecule has 0 spiro atoms. The lowest BCUT2D eigenvalue weighted by atomic mass is 10.1. The Balaban J connectivity index is 1.68. The number of anilines is 1. The first-order chi connectivity index (χ1) is 11.5. The fourth-order valence-electron chi connectivity index (χ4n) is 2.88. The molecule has 2 aromatic carbocycles. The lowest BCUT2D eigenvalue weighted by Crippen LogP contribution is -2.27. The van der Waals surface area contributed by atoms with E-state index in [1.807, 2.05) is 36.9 Å². The molecule has 1 saturated heterocycles. The second kappa shape index (κ2) is 6.87. The number of amides is 2. The van der Waals surface area contributed by atoms with Gasteiger partial charge in [0.1, 0.15) is 0 Å². The van der Waals surface area contributed by atoms with Crippen molar-refractivity contribution in [3.63, 3.8) is 0 Å². The van der Waals surface area contributed by atoms with Crippen molar-refractivity contribution in [2.24, 2.45) is 0 Å². The van der Waals surface area contributed by atoms with E-state index in [9.17, 15) is 9.59 Å². The van der Waals surface area contributed by atoms with E-state index in [0.717, 1.165) is 37.1 Å². The minimum atomic E-state index is -0.142. The molecule has 1 heterocycles. The molecular weight excluding hydrogens is 300 g/mol. The average molecular weight is 322 g/mol. The summed E-state index contributed by atoms with van der Waals surface area (Å²) in [4.78, 5) is 26.5. The van der Waals surface area contributed by atoms with Crippen LogP contribution in [0.3, 0.4) is 0 Å². The molecule has 1 N–H and O–H groups in total. The molecule has 0 saturated carbocycles. The van der Waals surface area contributed by atoms with Crippen LogP contribution in [-0.2, 0) is 0 Å². The molecule has 0 radical (unpaired) electrons. The van der Waals surface area contributed by atoms with E-state index in [0.29, 0.717) is 16.8 Å². The van der Waals surface area contributed by atoms with Gasteiger partial charge in [-0.25, -0.2) is 0 Å². The van der Waals surface area contributed by atoms with Crippen LogP contribution in [0.1, 0.15) is 44.7 Å². The molecule has 2 amide bonds. The summed E-state index contributed by atoms with van der Waals surface area (Å²) < 4.78 is 0. The molecule has 0 bridgehead atoms. The van der Waals surface area contributed by atoms with Gasteiger partial charge >= 0.3 is 0 Å². The fraction of sp³-hybridized carbons (Fsp3) is 0.300. The number of benzene rings is 2. The molecule has 0 unspecified atom stereocenters. The van der Waals surface area contributed by atoms with Crippen LogP contribution in [0.5, 0.6) is 0 Å². The Kier molecular flexibility index (Phi) is 4.65. The minimum Gasteiger partial charge on any atom is -0.339 e. The summed E-state index contributed by atoms with van der Waals surface area (Å²) in [6, 6.07) is 12.8. The molecular formula is C20H22N2O2. The molecule has 4 heteroatoms. The normalized spacial score (nSPS) is 13.8. The highest BCUT2D eigenvalue weighted by atomic mass is 16.2. The van der Waals surface area contributed by atoms with Crippen molar-refractivity contribution in [2.45, 2.75) is 26.7 Å². The highest BCUT2D eigenvalue weighted by molar-refractivity contribution is 6.04. The van der Waals surface area contributed by atoms with E-state index >= 15 is 0 Å². The molecule has 0 aliphatic carbocycles. The van der Waals surface area contributed by atoms with Crippen molar-refractivity contribution in [1.82, 2.24) is 4.90 Å². The third kappa shape index (κ3) is 3.48. The molecule has 1 aliphatic heterocycles. The molecule has 0 atom stereocenters. The van der Waals surface area contributed by atoms with Gasteiger partial charge in [0.2, 0.25) is 0 Å². The van der Waals surface area contributed by atoms with Crippen molar-refractivity contribution in [2.75, 3.05) is 18.4 Å². The number of likely N-dealkylation sites (tertiary alicyclic amines) is 1. The van der Waals surface area contributed by atoms with Gasteiger partial charge in [0.25, 0.3) is 11.8 Å². The third-order valence-corrected chi connectivity index (χ3v) is 4.55. The maximum absolute atomic E-state index is 12.3. The second-order valence-corrected chi connectivity index (χ2v) is 6.33. The number of aryl methyl sites for hydroxylation is 2. The van der Waals surface area contributed by atoms with Gasteiger partial charge in [-0.15, -0.1) is 0 Å². The van der Waals surface area contributed by atoms with E-state index in [-0.39, 0.29) is 11.8 Å². The summed E-state index contributed by atoms with van der Waals surface area (Å²) in [6.45, 7) is 5.69. The van der Waals surface area contributed by atoms with Crippen LogP contribution in [-0.4, -0.2) is 29.8 Å². The van der Waals surface area contributed by atoms with Crippen LogP contribution in [0, 0.1) is 13.8 Å². The first kappa shape index (κ1) is 16.2. The Morgan fingerprint density at radius 2 is 1.50 bits per heavy atom. The van der Waals surface area contributed by atoms with Crippen molar-refractivity contribution in [1.29, 1.82) is 0 Å². The number of nitrogens with zero attached hydrogens (tertiary/aromatic N) is 1. The lowest BCUT2D eigenvalue weighted by Gasteiger charge is -2.15. The number of nitrogens with one attached hydrogen (secondary N) is 1. The van der Waals surface area contributed by atoms with E-state index in [4.69, 9.17) is 0 Å². The average Bonchev–Trinajstić information content (AvgIpc) is 3.12. The maximum atomic E-state index is 12.3. The summed E-state index contributed by atoms with van der Waals surface area (Å²) >= 11 is 0. The van der Waals surface area contributed by atoms with Crippen LogP contribution in [0.2, 0.25) is 0 Å². The Labute approximate surface area is 142 Å². The second-order valence-electron chi connectivity index (χ2n) is 6.33. The van der Waals surface area contributed by atoms with E-state index in [1.54, 1.807) is 24.3 Å². The van der Waals surface area contributed by atoms with Crippen LogP contribution in [0.4, 0.5) is 5.69 Å². The summed E-state index contributed by atoms with van der Waals surface area (Å²) in [5, 5.41) is 2.88. The first-order valence-corrected chi connectivity index (χ1v) is 8.32. The van der Waals surface area contributed by atoms with Crippen LogP contribution >= 0.6 is 0 Å². The number of rotatable bonds is 3. The molecule has 2 aromatic rings. The molecule has 24 heavy (non-hydrogen) atoms. The van der Waals surface area contributed by atoms with Gasteiger partial charge in [-0.2, -0.15) is 0 Å². The van der Waals surface area contributed by atoms with Crippen LogP contribution < -0.4 is 5.32 Å². The molecule has 124 valence electrons. The number of hydrogen-bond donors (Lipinski definition) is 1. The summed E-state index contributed by atoms with van der Waals surface area (Å²) in [7, 11) is 0. The Morgan fingerprint density at radius 3 is 2.12 bits per heavy atom. The minimum absolute atomic E-state index is 0.0690. The van der Waals surface area contributed by atoms with Gasteiger partial charge < -0.3 is 10.2 Å². The summed E-state index contributed by atoms with van der Waals surface area (Å²) in [5.41, 5.74) is 4.25. The zero-order chi connectivity index (χ0) is 17.1. The zero-order valence-corrected chi connectivity index (χ0v) is 14.1. The topological polar surface area (TPSA) is 49.4 Å². The molecule has 1 aliphatic rings. The van der Waals surface area contributed by atoms with Gasteiger partial charge in [-0.05, 0) is 74.2 Å². The number of carbonyl (C=O) groups excluding carboxylic acids is 2. The molecule has 4 nitrogen and oxygen atoms in total. The smallest absolute Gasteiger partial charge is 0.255 e. The standard InChI is InChI=1S/C20H22N2O2/c1-14-5-6-17(13-15(14)2)19(23)21-18-9-7-16(8-10-18)20(24)22-11-3-4-12-22/h5-10,13H,3-4,11-12H2,1-2H3,(H,21,23). The highest BCUT2D eigenvalue weighted by Crippen LogP contribution is 2.17. The largest absolute Gasteiger partial charge is 0.339 e. The SMILES string of the molecule is Cc1ccc(C(=O)Nc2ccc(C(=O)N3CCCC3)cc2)cc1C. The quantitative estimate of drug-likeness (QED) is 0.934. The van der Waals surface area contributed by atoms with Crippen molar-refractivity contribution < 1.29 is 9.59 Å². The predicted octanol–water partition coefficient (Wildman–Crippen LogP) is 3.79. The van der Waals surface area contributed by atoms with Crippen molar-refractivity contribution >= 4 is 17.5 Å². The first-order valence-electron chi connectivity index (χ1n) is 8.32. The lowest BCUT2D eigenvalue weighted by molar-refractivity contribution is 0.0792. The Hall–Kier alpha value is -2.62. The van der Waals surface area contributed by atoms with E-state index < -0.39 is 0 Å². The van der Waals surface area contributed by atoms with Crippen molar-refractivity contribution in [3.8, 4) is 0 Å². The van der Waals surface area contributed by atoms with E-state index in [1.165, 1.54) is 0 Å². The monoisotopic (exact) mass is 322 g/mol. The van der Waals surface area contributed by atoms with Gasteiger partial charge in [0, 0.05) is 29.9 Å². The maximum Gasteiger partial charge on any atom is 0.255 e. The summed E-state index contributed by atoms with van der Waals surface area (Å²) in [5.74, 6) is -0.0729. The van der Waals surface area contributed by atoms with Gasteiger partial charge in [0.15, 0.2) is 0 Å². The highest BCUT2D eigenvalue weighted by Gasteiger charge is 2.19. The van der Waals surface area contributed by atoms with Crippen LogP contribution in [0.25, 0.3) is 0 Å². The predicted molar refractivity (Wildman–Crippen MR) is 95.4 cm³/mol.